The minimum Gasteiger partial charge on any atom is -0.303 e. The fourth-order valence-corrected chi connectivity index (χ4v) is 2.38. The van der Waals surface area contributed by atoms with Crippen molar-refractivity contribution in [3.8, 4) is 0 Å². The molecule has 0 aromatic carbocycles. The van der Waals surface area contributed by atoms with Crippen molar-refractivity contribution >= 4 is 22.2 Å². The molecular formula is C10H17BrO. The molecule has 0 saturated heterocycles. The molecule has 0 aromatic rings. The maximum absolute atomic E-state index is 11.0. The van der Waals surface area contributed by atoms with Gasteiger partial charge in [-0.2, -0.15) is 0 Å². The summed E-state index contributed by atoms with van der Waals surface area (Å²) in [4.78, 5) is 11.0. The predicted molar refractivity (Wildman–Crippen MR) is 54.6 cm³/mol. The fraction of sp³-hybridized carbons (Fsp3) is 0.900. The maximum atomic E-state index is 11.0. The predicted octanol–water partition coefficient (Wildman–Crippen LogP) is 3.31. The van der Waals surface area contributed by atoms with Crippen LogP contribution in [0.1, 0.15) is 44.9 Å². The van der Waals surface area contributed by atoms with Crippen LogP contribution < -0.4 is 0 Å². The summed E-state index contributed by atoms with van der Waals surface area (Å²) in [6.07, 6.45) is 9.52. The molecule has 0 aliphatic heterocycles. The Labute approximate surface area is 83.0 Å². The van der Waals surface area contributed by atoms with Gasteiger partial charge in [-0.3, -0.25) is 0 Å². The zero-order chi connectivity index (χ0) is 8.86. The maximum Gasteiger partial charge on any atom is 0.126 e. The van der Waals surface area contributed by atoms with Gasteiger partial charge in [-0.15, -0.1) is 0 Å². The van der Waals surface area contributed by atoms with Crippen molar-refractivity contribution in [2.75, 3.05) is 5.33 Å². The first-order chi connectivity index (χ1) is 5.83. The summed E-state index contributed by atoms with van der Waals surface area (Å²) in [5.41, 5.74) is 0.0615. The number of rotatable bonds is 4. The van der Waals surface area contributed by atoms with Gasteiger partial charge < -0.3 is 4.79 Å². The second-order valence-corrected chi connectivity index (χ2v) is 4.63. The minimum absolute atomic E-state index is 0.0615. The third kappa shape index (κ3) is 2.58. The van der Waals surface area contributed by atoms with Crippen LogP contribution in [0.3, 0.4) is 0 Å². The molecule has 0 N–H and O–H groups in total. The van der Waals surface area contributed by atoms with Crippen LogP contribution in [0.4, 0.5) is 0 Å². The molecule has 0 unspecified atom stereocenters. The Morgan fingerprint density at radius 1 is 1.25 bits per heavy atom. The van der Waals surface area contributed by atoms with Gasteiger partial charge in [0.1, 0.15) is 6.29 Å². The summed E-state index contributed by atoms with van der Waals surface area (Å²) in [6.45, 7) is 0. The van der Waals surface area contributed by atoms with E-state index in [1.807, 2.05) is 0 Å². The molecule has 12 heavy (non-hydrogen) atoms. The van der Waals surface area contributed by atoms with Crippen LogP contribution in [0, 0.1) is 5.41 Å². The van der Waals surface area contributed by atoms with E-state index in [1.165, 1.54) is 25.5 Å². The fourth-order valence-electron chi connectivity index (χ4n) is 2.10. The summed E-state index contributed by atoms with van der Waals surface area (Å²) in [7, 11) is 0. The monoisotopic (exact) mass is 232 g/mol. The molecule has 0 radical (unpaired) electrons. The van der Waals surface area contributed by atoms with Crippen LogP contribution in [0.15, 0.2) is 0 Å². The second-order valence-electron chi connectivity index (χ2n) is 3.83. The van der Waals surface area contributed by atoms with E-state index in [2.05, 4.69) is 15.9 Å². The van der Waals surface area contributed by atoms with E-state index in [9.17, 15) is 4.79 Å². The van der Waals surface area contributed by atoms with Gasteiger partial charge >= 0.3 is 0 Å². The molecule has 1 nitrogen and oxygen atoms in total. The highest BCUT2D eigenvalue weighted by molar-refractivity contribution is 9.09. The van der Waals surface area contributed by atoms with Crippen LogP contribution >= 0.6 is 15.9 Å². The molecule has 1 saturated carbocycles. The molecule has 1 fully saturated rings. The summed E-state index contributed by atoms with van der Waals surface area (Å²) < 4.78 is 0. The quantitative estimate of drug-likeness (QED) is 0.537. The van der Waals surface area contributed by atoms with E-state index in [-0.39, 0.29) is 5.41 Å². The minimum atomic E-state index is 0.0615. The highest BCUT2D eigenvalue weighted by Gasteiger charge is 2.30. The number of halogens is 1. The highest BCUT2D eigenvalue weighted by atomic mass is 79.9. The molecule has 0 heterocycles. The van der Waals surface area contributed by atoms with Crippen LogP contribution in [-0.2, 0) is 4.79 Å². The van der Waals surface area contributed by atoms with Crippen molar-refractivity contribution in [1.82, 2.24) is 0 Å². The van der Waals surface area contributed by atoms with E-state index in [4.69, 9.17) is 0 Å². The summed E-state index contributed by atoms with van der Waals surface area (Å²) in [5.74, 6) is 0. The molecular weight excluding hydrogens is 216 g/mol. The molecule has 1 rings (SSSR count). The van der Waals surface area contributed by atoms with E-state index in [0.717, 1.165) is 31.0 Å². The van der Waals surface area contributed by atoms with E-state index >= 15 is 0 Å². The first kappa shape index (κ1) is 10.2. The molecule has 0 spiro atoms. The van der Waals surface area contributed by atoms with Gasteiger partial charge in [0.2, 0.25) is 0 Å². The molecule has 1 aliphatic rings. The van der Waals surface area contributed by atoms with Crippen LogP contribution in [0.5, 0.6) is 0 Å². The van der Waals surface area contributed by atoms with Crippen molar-refractivity contribution in [3.63, 3.8) is 0 Å². The Kier molecular flexibility index (Phi) is 4.27. The molecule has 0 atom stereocenters. The number of carbonyl (C=O) groups is 1. The van der Waals surface area contributed by atoms with E-state index in [1.54, 1.807) is 0 Å². The van der Waals surface area contributed by atoms with Crippen molar-refractivity contribution in [2.24, 2.45) is 5.41 Å². The normalized spacial score (nSPS) is 22.1. The molecule has 0 aromatic heterocycles. The van der Waals surface area contributed by atoms with Gasteiger partial charge in [0.25, 0.3) is 0 Å². The zero-order valence-corrected chi connectivity index (χ0v) is 9.11. The molecule has 2 heteroatoms. The summed E-state index contributed by atoms with van der Waals surface area (Å²) in [6, 6.07) is 0. The highest BCUT2D eigenvalue weighted by Crippen LogP contribution is 2.38. The Balaban J connectivity index is 2.42. The lowest BCUT2D eigenvalue weighted by molar-refractivity contribution is -0.118. The Morgan fingerprint density at radius 3 is 2.42 bits per heavy atom. The molecule has 1 aliphatic carbocycles. The van der Waals surface area contributed by atoms with Crippen molar-refractivity contribution in [3.05, 3.63) is 0 Å². The van der Waals surface area contributed by atoms with Gasteiger partial charge in [-0.1, -0.05) is 35.2 Å². The number of aldehydes is 1. The number of hydrogen-bond donors (Lipinski definition) is 0. The second kappa shape index (κ2) is 5.00. The summed E-state index contributed by atoms with van der Waals surface area (Å²) in [5, 5.41) is 1.03. The standard InChI is InChI=1S/C10H17BrO/c11-8-4-7-10(9-12)5-2-1-3-6-10/h9H,1-8H2. The lowest BCUT2D eigenvalue weighted by atomic mass is 9.72. The van der Waals surface area contributed by atoms with Crippen molar-refractivity contribution in [2.45, 2.75) is 44.9 Å². The lowest BCUT2D eigenvalue weighted by Crippen LogP contribution is -2.25. The number of alkyl halides is 1. The third-order valence-corrected chi connectivity index (χ3v) is 3.47. The SMILES string of the molecule is O=CC1(CCCBr)CCCCC1. The lowest BCUT2D eigenvalue weighted by Gasteiger charge is -2.31. The first-order valence-corrected chi connectivity index (χ1v) is 5.97. The van der Waals surface area contributed by atoms with Gasteiger partial charge in [-0.05, 0) is 25.7 Å². The first-order valence-electron chi connectivity index (χ1n) is 4.85. The third-order valence-electron chi connectivity index (χ3n) is 2.91. The van der Waals surface area contributed by atoms with Crippen LogP contribution in [-0.4, -0.2) is 11.6 Å². The van der Waals surface area contributed by atoms with E-state index < -0.39 is 0 Å². The Hall–Kier alpha value is 0.150. The largest absolute Gasteiger partial charge is 0.303 e. The Morgan fingerprint density at radius 2 is 1.92 bits per heavy atom. The molecule has 0 amide bonds. The van der Waals surface area contributed by atoms with Gasteiger partial charge in [0, 0.05) is 10.7 Å². The number of hydrogen-bond acceptors (Lipinski definition) is 1. The van der Waals surface area contributed by atoms with Gasteiger partial charge in [-0.25, -0.2) is 0 Å². The molecule has 70 valence electrons. The molecule has 0 bridgehead atoms. The zero-order valence-electron chi connectivity index (χ0n) is 7.52. The van der Waals surface area contributed by atoms with E-state index in [0.29, 0.717) is 0 Å². The van der Waals surface area contributed by atoms with Gasteiger partial charge in [0.05, 0.1) is 0 Å². The smallest absolute Gasteiger partial charge is 0.126 e. The average Bonchev–Trinajstić information content (AvgIpc) is 2.16. The van der Waals surface area contributed by atoms with Crippen LogP contribution in [0.25, 0.3) is 0 Å². The number of carbonyl (C=O) groups excluding carboxylic acids is 1. The van der Waals surface area contributed by atoms with Gasteiger partial charge in [0.15, 0.2) is 0 Å². The van der Waals surface area contributed by atoms with Crippen LogP contribution in [0.2, 0.25) is 0 Å². The Bertz CT molecular complexity index is 139. The van der Waals surface area contributed by atoms with Crippen molar-refractivity contribution < 1.29 is 4.79 Å². The average molecular weight is 233 g/mol. The van der Waals surface area contributed by atoms with Crippen molar-refractivity contribution in [1.29, 1.82) is 0 Å². The summed E-state index contributed by atoms with van der Waals surface area (Å²) >= 11 is 3.41. The topological polar surface area (TPSA) is 17.1 Å².